The lowest BCUT2D eigenvalue weighted by Crippen LogP contribution is -2.32. The predicted octanol–water partition coefficient (Wildman–Crippen LogP) is 3.99. The normalized spacial score (nSPS) is 16.1. The van der Waals surface area contributed by atoms with Crippen LogP contribution in [0.5, 0.6) is 0 Å². The monoisotopic (exact) mass is 319 g/mol. The first kappa shape index (κ1) is 14.4. The number of hydrogen-bond donors (Lipinski definition) is 1. The van der Waals surface area contributed by atoms with Crippen LogP contribution in [0.15, 0.2) is 72.9 Å². The number of carbonyl (C=O) groups is 1. The Bertz CT molecular complexity index is 898. The SMILES string of the molecule is O=C1c2cccnc2C(Nc2cccc(F)c2)N1c1ccccc1. The third-order valence-corrected chi connectivity index (χ3v) is 3.97. The van der Waals surface area contributed by atoms with Crippen LogP contribution in [0.3, 0.4) is 0 Å². The zero-order valence-corrected chi connectivity index (χ0v) is 12.7. The van der Waals surface area contributed by atoms with Gasteiger partial charge in [0.1, 0.15) is 5.82 Å². The van der Waals surface area contributed by atoms with E-state index in [0.717, 1.165) is 5.69 Å². The largest absolute Gasteiger partial charge is 0.360 e. The molecule has 0 aliphatic carbocycles. The molecule has 0 spiro atoms. The molecule has 0 fully saturated rings. The number of nitrogens with one attached hydrogen (secondary N) is 1. The van der Waals surface area contributed by atoms with E-state index in [0.29, 0.717) is 16.9 Å². The number of para-hydroxylation sites is 1. The van der Waals surface area contributed by atoms with Crippen LogP contribution < -0.4 is 10.2 Å². The van der Waals surface area contributed by atoms with Crippen molar-refractivity contribution in [3.05, 3.63) is 90.0 Å². The predicted molar refractivity (Wildman–Crippen MR) is 90.3 cm³/mol. The summed E-state index contributed by atoms with van der Waals surface area (Å²) >= 11 is 0. The van der Waals surface area contributed by atoms with Crippen LogP contribution in [0.1, 0.15) is 22.2 Å². The van der Waals surface area contributed by atoms with Gasteiger partial charge in [-0.15, -0.1) is 0 Å². The fourth-order valence-electron chi connectivity index (χ4n) is 2.91. The Morgan fingerprint density at radius 2 is 1.83 bits per heavy atom. The maximum Gasteiger partial charge on any atom is 0.262 e. The van der Waals surface area contributed by atoms with Gasteiger partial charge < -0.3 is 5.32 Å². The van der Waals surface area contributed by atoms with Gasteiger partial charge in [-0.05, 0) is 42.5 Å². The molecule has 24 heavy (non-hydrogen) atoms. The summed E-state index contributed by atoms with van der Waals surface area (Å²) in [6.07, 6.45) is 1.17. The molecule has 0 bridgehead atoms. The topological polar surface area (TPSA) is 45.2 Å². The molecule has 118 valence electrons. The first-order valence-corrected chi connectivity index (χ1v) is 7.60. The summed E-state index contributed by atoms with van der Waals surface area (Å²) in [5.74, 6) is -0.463. The molecule has 0 saturated carbocycles. The summed E-state index contributed by atoms with van der Waals surface area (Å²) < 4.78 is 13.5. The fraction of sp³-hybridized carbons (Fsp3) is 0.0526. The average molecular weight is 319 g/mol. The van der Waals surface area contributed by atoms with Crippen LogP contribution in [-0.4, -0.2) is 10.9 Å². The highest BCUT2D eigenvalue weighted by atomic mass is 19.1. The summed E-state index contributed by atoms with van der Waals surface area (Å²) in [6.45, 7) is 0. The van der Waals surface area contributed by atoms with E-state index < -0.39 is 6.17 Å². The zero-order valence-electron chi connectivity index (χ0n) is 12.7. The Morgan fingerprint density at radius 1 is 1.00 bits per heavy atom. The molecular weight excluding hydrogens is 305 g/mol. The molecule has 1 atom stereocenters. The van der Waals surface area contributed by atoms with Gasteiger partial charge in [0.25, 0.3) is 5.91 Å². The van der Waals surface area contributed by atoms with Crippen LogP contribution in [0.4, 0.5) is 15.8 Å². The van der Waals surface area contributed by atoms with Crippen molar-refractivity contribution in [3.63, 3.8) is 0 Å². The lowest BCUT2D eigenvalue weighted by molar-refractivity contribution is 0.0993. The second-order valence-electron chi connectivity index (χ2n) is 5.50. The fourth-order valence-corrected chi connectivity index (χ4v) is 2.91. The number of carbonyl (C=O) groups excluding carboxylic acids is 1. The van der Waals surface area contributed by atoms with Crippen molar-refractivity contribution in [1.82, 2.24) is 4.98 Å². The van der Waals surface area contributed by atoms with Crippen molar-refractivity contribution in [2.45, 2.75) is 6.17 Å². The lowest BCUT2D eigenvalue weighted by Gasteiger charge is -2.26. The van der Waals surface area contributed by atoms with E-state index in [1.165, 1.54) is 12.1 Å². The molecule has 4 rings (SSSR count). The van der Waals surface area contributed by atoms with E-state index in [9.17, 15) is 9.18 Å². The first-order chi connectivity index (χ1) is 11.7. The Morgan fingerprint density at radius 3 is 2.62 bits per heavy atom. The van der Waals surface area contributed by atoms with Gasteiger partial charge in [0.05, 0.1) is 11.3 Å². The second kappa shape index (κ2) is 5.77. The van der Waals surface area contributed by atoms with Crippen molar-refractivity contribution in [2.75, 3.05) is 10.2 Å². The van der Waals surface area contributed by atoms with Gasteiger partial charge in [0.2, 0.25) is 0 Å². The summed E-state index contributed by atoms with van der Waals surface area (Å²) in [5.41, 5.74) is 2.53. The number of hydrogen-bond acceptors (Lipinski definition) is 3. The lowest BCUT2D eigenvalue weighted by atomic mass is 10.2. The highest BCUT2D eigenvalue weighted by Gasteiger charge is 2.38. The Kier molecular flexibility index (Phi) is 3.46. The number of rotatable bonds is 3. The molecule has 4 nitrogen and oxygen atoms in total. The number of anilines is 2. The molecule has 2 heterocycles. The minimum Gasteiger partial charge on any atom is -0.360 e. The summed E-state index contributed by atoms with van der Waals surface area (Å²) in [4.78, 5) is 18.8. The van der Waals surface area contributed by atoms with Gasteiger partial charge in [-0.2, -0.15) is 0 Å². The van der Waals surface area contributed by atoms with E-state index in [-0.39, 0.29) is 11.7 Å². The molecule has 1 amide bonds. The number of aromatic nitrogens is 1. The van der Waals surface area contributed by atoms with Crippen molar-refractivity contribution >= 4 is 17.3 Å². The van der Waals surface area contributed by atoms with Crippen molar-refractivity contribution in [1.29, 1.82) is 0 Å². The molecule has 1 unspecified atom stereocenters. The third kappa shape index (κ3) is 2.40. The number of nitrogens with zero attached hydrogens (tertiary/aromatic N) is 2. The van der Waals surface area contributed by atoms with Gasteiger partial charge in [0.15, 0.2) is 6.17 Å². The summed E-state index contributed by atoms with van der Waals surface area (Å²) in [6, 6.07) is 19.0. The number of amides is 1. The van der Waals surface area contributed by atoms with Crippen LogP contribution in [0.2, 0.25) is 0 Å². The highest BCUT2D eigenvalue weighted by molar-refractivity contribution is 6.11. The molecular formula is C19H14FN3O. The van der Waals surface area contributed by atoms with Crippen molar-refractivity contribution in [3.8, 4) is 0 Å². The van der Waals surface area contributed by atoms with Crippen LogP contribution in [-0.2, 0) is 0 Å². The smallest absolute Gasteiger partial charge is 0.262 e. The van der Waals surface area contributed by atoms with E-state index in [2.05, 4.69) is 10.3 Å². The molecule has 3 aromatic rings. The molecule has 1 aliphatic heterocycles. The van der Waals surface area contributed by atoms with Crippen molar-refractivity contribution in [2.24, 2.45) is 0 Å². The van der Waals surface area contributed by atoms with Crippen LogP contribution >= 0.6 is 0 Å². The molecule has 0 radical (unpaired) electrons. The number of halogens is 1. The first-order valence-electron chi connectivity index (χ1n) is 7.60. The molecule has 1 aromatic heterocycles. The Labute approximate surface area is 138 Å². The minimum absolute atomic E-state index is 0.127. The maximum atomic E-state index is 13.5. The summed E-state index contributed by atoms with van der Waals surface area (Å²) in [7, 11) is 0. The van der Waals surface area contributed by atoms with Gasteiger partial charge >= 0.3 is 0 Å². The number of pyridine rings is 1. The molecule has 0 saturated heterocycles. The molecule has 1 N–H and O–H groups in total. The molecule has 5 heteroatoms. The molecule has 2 aromatic carbocycles. The standard InChI is InChI=1S/C19H14FN3O/c20-13-6-4-7-14(12-13)22-18-17-16(10-5-11-21-17)19(24)23(18)15-8-2-1-3-9-15/h1-12,18,22H. The minimum atomic E-state index is -0.488. The summed E-state index contributed by atoms with van der Waals surface area (Å²) in [5, 5.41) is 3.22. The second-order valence-corrected chi connectivity index (χ2v) is 5.50. The zero-order chi connectivity index (χ0) is 16.5. The van der Waals surface area contributed by atoms with Crippen LogP contribution in [0.25, 0.3) is 0 Å². The molecule has 1 aliphatic rings. The maximum absolute atomic E-state index is 13.5. The van der Waals surface area contributed by atoms with Gasteiger partial charge in [-0.3, -0.25) is 14.7 Å². The van der Waals surface area contributed by atoms with E-state index >= 15 is 0 Å². The van der Waals surface area contributed by atoms with Gasteiger partial charge in [0, 0.05) is 17.6 Å². The quantitative estimate of drug-likeness (QED) is 0.794. The van der Waals surface area contributed by atoms with Gasteiger partial charge in [-0.1, -0.05) is 24.3 Å². The Hall–Kier alpha value is -3.21. The highest BCUT2D eigenvalue weighted by Crippen LogP contribution is 2.36. The number of fused-ring (bicyclic) bond motifs is 1. The Balaban J connectivity index is 1.79. The van der Waals surface area contributed by atoms with E-state index in [4.69, 9.17) is 0 Å². The van der Waals surface area contributed by atoms with E-state index in [1.54, 1.807) is 35.4 Å². The van der Waals surface area contributed by atoms with Crippen LogP contribution in [0, 0.1) is 5.82 Å². The van der Waals surface area contributed by atoms with E-state index in [1.807, 2.05) is 30.3 Å². The van der Waals surface area contributed by atoms with Gasteiger partial charge in [-0.25, -0.2) is 4.39 Å². The number of benzene rings is 2. The van der Waals surface area contributed by atoms with Crippen molar-refractivity contribution < 1.29 is 9.18 Å². The third-order valence-electron chi connectivity index (χ3n) is 3.97. The average Bonchev–Trinajstić information content (AvgIpc) is 2.88.